The maximum Gasteiger partial charge on any atom is 0.0862 e. The molecular formula is C15H28N4O. The maximum atomic E-state index is 10.3. The summed E-state index contributed by atoms with van der Waals surface area (Å²) in [7, 11) is 0. The van der Waals surface area contributed by atoms with Crippen molar-refractivity contribution in [2.24, 2.45) is 5.92 Å². The Morgan fingerprint density at radius 2 is 2.00 bits per heavy atom. The highest BCUT2D eigenvalue weighted by Gasteiger charge is 2.25. The van der Waals surface area contributed by atoms with Gasteiger partial charge in [0.1, 0.15) is 0 Å². The third-order valence-corrected chi connectivity index (χ3v) is 4.51. The number of likely N-dealkylation sites (tertiary alicyclic amines) is 1. The van der Waals surface area contributed by atoms with Crippen LogP contribution in [0.2, 0.25) is 0 Å². The largest absolute Gasteiger partial charge is 0.396 e. The summed E-state index contributed by atoms with van der Waals surface area (Å²) in [5, 5.41) is 14.7. The van der Waals surface area contributed by atoms with Crippen LogP contribution < -0.4 is 5.73 Å². The van der Waals surface area contributed by atoms with E-state index in [1.54, 1.807) is 0 Å². The van der Waals surface area contributed by atoms with E-state index in [0.717, 1.165) is 29.5 Å². The van der Waals surface area contributed by atoms with Crippen LogP contribution in [-0.4, -0.2) is 45.0 Å². The summed E-state index contributed by atoms with van der Waals surface area (Å²) in [6.45, 7) is 10.7. The Hall–Kier alpha value is -1.07. The molecule has 1 saturated heterocycles. The molecule has 5 heteroatoms. The van der Waals surface area contributed by atoms with Crippen LogP contribution in [-0.2, 0) is 6.54 Å². The number of nitrogen functional groups attached to an aromatic ring is 1. The summed E-state index contributed by atoms with van der Waals surface area (Å²) < 4.78 is 1.83. The first-order valence-corrected chi connectivity index (χ1v) is 7.60. The molecule has 3 N–H and O–H groups in total. The van der Waals surface area contributed by atoms with Crippen molar-refractivity contribution in [1.82, 2.24) is 14.7 Å². The normalized spacial score (nSPS) is 25.9. The smallest absolute Gasteiger partial charge is 0.0862 e. The van der Waals surface area contributed by atoms with Crippen LogP contribution in [0.25, 0.3) is 0 Å². The van der Waals surface area contributed by atoms with Gasteiger partial charge in [-0.1, -0.05) is 6.92 Å². The summed E-state index contributed by atoms with van der Waals surface area (Å²) in [4.78, 5) is 2.40. The number of nitrogens with zero attached hydrogens (tertiary/aromatic N) is 3. The first kappa shape index (κ1) is 15.3. The van der Waals surface area contributed by atoms with E-state index in [0.29, 0.717) is 19.1 Å². The molecule has 0 bridgehead atoms. The number of aliphatic hydroxyl groups is 1. The topological polar surface area (TPSA) is 67.3 Å². The van der Waals surface area contributed by atoms with E-state index in [4.69, 9.17) is 5.73 Å². The van der Waals surface area contributed by atoms with Crippen LogP contribution in [0.5, 0.6) is 0 Å². The molecular weight excluding hydrogens is 252 g/mol. The second-order valence-corrected chi connectivity index (χ2v) is 6.41. The highest BCUT2D eigenvalue weighted by atomic mass is 16.3. The fraction of sp³-hybridized carbons (Fsp3) is 0.800. The van der Waals surface area contributed by atoms with E-state index in [2.05, 4.69) is 23.8 Å². The minimum absolute atomic E-state index is 0.403. The lowest BCUT2D eigenvalue weighted by molar-refractivity contribution is 0.0473. The summed E-state index contributed by atoms with van der Waals surface area (Å²) in [6, 6.07) is 0.561. The van der Waals surface area contributed by atoms with E-state index in [-0.39, 0.29) is 0 Å². The Morgan fingerprint density at radius 1 is 1.30 bits per heavy atom. The first-order chi connectivity index (χ1) is 9.38. The Morgan fingerprint density at radius 3 is 2.60 bits per heavy atom. The number of aryl methyl sites for hydroxylation is 1. The quantitative estimate of drug-likeness (QED) is 0.878. The van der Waals surface area contributed by atoms with Crippen LogP contribution in [0.15, 0.2) is 0 Å². The van der Waals surface area contributed by atoms with E-state index >= 15 is 0 Å². The number of hydrogen-bond acceptors (Lipinski definition) is 4. The number of hydrogen-bond donors (Lipinski definition) is 2. The Bertz CT molecular complexity index is 457. The molecule has 1 aromatic rings. The molecule has 1 fully saturated rings. The van der Waals surface area contributed by atoms with Gasteiger partial charge in [-0.05, 0) is 39.5 Å². The predicted octanol–water partition coefficient (Wildman–Crippen LogP) is 1.56. The van der Waals surface area contributed by atoms with Crippen LogP contribution in [0.4, 0.5) is 5.69 Å². The lowest BCUT2D eigenvalue weighted by Crippen LogP contribution is -2.45. The molecule has 1 aliphatic rings. The molecule has 0 saturated carbocycles. The molecule has 3 atom stereocenters. The summed E-state index contributed by atoms with van der Waals surface area (Å²) >= 11 is 0. The number of aromatic nitrogens is 2. The SMILES string of the molecule is Cc1nn(CC(O)CN2CC(C)CCC2C)c(C)c1N. The molecule has 0 amide bonds. The molecule has 3 unspecified atom stereocenters. The second kappa shape index (κ2) is 6.14. The maximum absolute atomic E-state index is 10.3. The zero-order chi connectivity index (χ0) is 14.9. The summed E-state index contributed by atoms with van der Waals surface area (Å²) in [5.41, 5.74) is 8.45. The summed E-state index contributed by atoms with van der Waals surface area (Å²) in [6.07, 6.45) is 2.11. The fourth-order valence-corrected chi connectivity index (χ4v) is 3.05. The van der Waals surface area contributed by atoms with Gasteiger partial charge in [0, 0.05) is 19.1 Å². The van der Waals surface area contributed by atoms with Gasteiger partial charge in [-0.3, -0.25) is 9.58 Å². The standard InChI is InChI=1S/C15H28N4O/c1-10-5-6-11(2)18(7-10)8-14(20)9-19-13(4)15(16)12(3)17-19/h10-11,14,20H,5-9,16H2,1-4H3. The molecule has 2 heterocycles. The minimum Gasteiger partial charge on any atom is -0.396 e. The van der Waals surface area contributed by atoms with Crippen LogP contribution in [0.3, 0.4) is 0 Å². The first-order valence-electron chi connectivity index (χ1n) is 7.60. The number of anilines is 1. The third-order valence-electron chi connectivity index (χ3n) is 4.51. The van der Waals surface area contributed by atoms with Crippen molar-refractivity contribution in [3.63, 3.8) is 0 Å². The van der Waals surface area contributed by atoms with Crippen molar-refractivity contribution in [2.45, 2.75) is 59.2 Å². The van der Waals surface area contributed by atoms with Gasteiger partial charge in [0.25, 0.3) is 0 Å². The Kier molecular flexibility index (Phi) is 4.70. The van der Waals surface area contributed by atoms with Gasteiger partial charge in [0.05, 0.1) is 29.7 Å². The molecule has 0 radical (unpaired) electrons. The molecule has 1 aliphatic heterocycles. The van der Waals surface area contributed by atoms with Gasteiger partial charge in [-0.25, -0.2) is 0 Å². The molecule has 5 nitrogen and oxygen atoms in total. The highest BCUT2D eigenvalue weighted by molar-refractivity contribution is 5.46. The van der Waals surface area contributed by atoms with Gasteiger partial charge in [0.15, 0.2) is 0 Å². The number of piperidine rings is 1. The van der Waals surface area contributed by atoms with E-state index in [1.165, 1.54) is 12.8 Å². The zero-order valence-corrected chi connectivity index (χ0v) is 13.1. The van der Waals surface area contributed by atoms with Gasteiger partial charge < -0.3 is 10.8 Å². The second-order valence-electron chi connectivity index (χ2n) is 6.41. The fourth-order valence-electron chi connectivity index (χ4n) is 3.05. The van der Waals surface area contributed by atoms with Gasteiger partial charge in [-0.2, -0.15) is 5.10 Å². The number of rotatable bonds is 4. The van der Waals surface area contributed by atoms with Crippen LogP contribution in [0.1, 0.15) is 38.1 Å². The van der Waals surface area contributed by atoms with Crippen molar-refractivity contribution in [2.75, 3.05) is 18.8 Å². The Labute approximate surface area is 121 Å². The molecule has 20 heavy (non-hydrogen) atoms. The molecule has 114 valence electrons. The van der Waals surface area contributed by atoms with Crippen molar-refractivity contribution in [3.8, 4) is 0 Å². The van der Waals surface area contributed by atoms with Crippen LogP contribution in [0, 0.1) is 19.8 Å². The third kappa shape index (κ3) is 3.33. The average molecular weight is 280 g/mol. The number of β-amino-alcohol motifs (C(OH)–C–C–N with tert-alkyl or cyclic N) is 1. The number of aliphatic hydroxyl groups excluding tert-OH is 1. The summed E-state index contributed by atoms with van der Waals surface area (Å²) in [5.74, 6) is 0.725. The van der Waals surface area contributed by atoms with Crippen molar-refractivity contribution in [3.05, 3.63) is 11.4 Å². The molecule has 0 aliphatic carbocycles. The lowest BCUT2D eigenvalue weighted by Gasteiger charge is -2.37. The van der Waals surface area contributed by atoms with Gasteiger partial charge >= 0.3 is 0 Å². The average Bonchev–Trinajstić information content (AvgIpc) is 2.61. The van der Waals surface area contributed by atoms with E-state index in [1.807, 2.05) is 18.5 Å². The zero-order valence-electron chi connectivity index (χ0n) is 13.1. The molecule has 0 spiro atoms. The number of nitrogens with two attached hydrogens (primary N) is 1. The monoisotopic (exact) mass is 280 g/mol. The van der Waals surface area contributed by atoms with Gasteiger partial charge in [0.2, 0.25) is 0 Å². The minimum atomic E-state index is -0.403. The molecule has 1 aromatic heterocycles. The Balaban J connectivity index is 1.94. The molecule has 0 aromatic carbocycles. The lowest BCUT2D eigenvalue weighted by atomic mass is 9.95. The molecule has 2 rings (SSSR count). The van der Waals surface area contributed by atoms with E-state index in [9.17, 15) is 5.11 Å². The van der Waals surface area contributed by atoms with Gasteiger partial charge in [-0.15, -0.1) is 0 Å². The van der Waals surface area contributed by atoms with Crippen molar-refractivity contribution < 1.29 is 5.11 Å². The van der Waals surface area contributed by atoms with Crippen molar-refractivity contribution >= 4 is 5.69 Å². The highest BCUT2D eigenvalue weighted by Crippen LogP contribution is 2.22. The van der Waals surface area contributed by atoms with E-state index < -0.39 is 6.10 Å². The van der Waals surface area contributed by atoms with Crippen molar-refractivity contribution in [1.29, 1.82) is 0 Å². The van der Waals surface area contributed by atoms with Crippen LogP contribution >= 0.6 is 0 Å². The predicted molar refractivity (Wildman–Crippen MR) is 81.6 cm³/mol.